The molecule has 0 amide bonds. The zero-order chi connectivity index (χ0) is 11.5. The molecule has 1 fully saturated rings. The lowest BCUT2D eigenvalue weighted by molar-refractivity contribution is 0.0504. The van der Waals surface area contributed by atoms with Gasteiger partial charge < -0.3 is 9.84 Å². The van der Waals surface area contributed by atoms with Gasteiger partial charge in [0.2, 0.25) is 0 Å². The fourth-order valence-electron chi connectivity index (χ4n) is 2.23. The lowest BCUT2D eigenvalue weighted by Crippen LogP contribution is -2.24. The van der Waals surface area contributed by atoms with Crippen molar-refractivity contribution in [3.05, 3.63) is 11.9 Å². The normalized spacial score (nSPS) is 27.9. The fourth-order valence-corrected chi connectivity index (χ4v) is 2.23. The average Bonchev–Trinajstić information content (AvgIpc) is 2.78. The Kier molecular flexibility index (Phi) is 3.56. The van der Waals surface area contributed by atoms with Crippen molar-refractivity contribution in [2.24, 2.45) is 0 Å². The summed E-state index contributed by atoms with van der Waals surface area (Å²) in [5.74, 6) is 0. The Labute approximate surface area is 95.4 Å². The topological polar surface area (TPSA) is 60.2 Å². The van der Waals surface area contributed by atoms with Crippen molar-refractivity contribution < 1.29 is 9.84 Å². The average molecular weight is 225 g/mol. The molecule has 0 saturated heterocycles. The highest BCUT2D eigenvalue weighted by atomic mass is 16.5. The number of methoxy groups -OCH3 is 1. The molecule has 1 aromatic heterocycles. The molecule has 0 spiro atoms. The molecule has 5 nitrogen and oxygen atoms in total. The quantitative estimate of drug-likeness (QED) is 0.846. The lowest BCUT2D eigenvalue weighted by Gasteiger charge is -2.27. The van der Waals surface area contributed by atoms with Crippen molar-refractivity contribution in [1.82, 2.24) is 15.0 Å². The van der Waals surface area contributed by atoms with Crippen LogP contribution in [0.4, 0.5) is 0 Å². The molecule has 1 aromatic rings. The Morgan fingerprint density at radius 2 is 2.38 bits per heavy atom. The van der Waals surface area contributed by atoms with Gasteiger partial charge in [-0.05, 0) is 32.6 Å². The maximum absolute atomic E-state index is 9.39. The van der Waals surface area contributed by atoms with Crippen molar-refractivity contribution >= 4 is 0 Å². The van der Waals surface area contributed by atoms with E-state index in [-0.39, 0.29) is 0 Å². The van der Waals surface area contributed by atoms with Crippen LogP contribution in [-0.2, 0) is 4.74 Å². The van der Waals surface area contributed by atoms with E-state index in [0.29, 0.717) is 17.8 Å². The molecule has 5 heteroatoms. The van der Waals surface area contributed by atoms with Gasteiger partial charge in [0.15, 0.2) is 0 Å². The first-order valence-electron chi connectivity index (χ1n) is 5.83. The van der Waals surface area contributed by atoms with Gasteiger partial charge in [-0.3, -0.25) is 0 Å². The highest BCUT2D eigenvalue weighted by molar-refractivity contribution is 4.97. The van der Waals surface area contributed by atoms with E-state index < -0.39 is 6.10 Å². The summed E-state index contributed by atoms with van der Waals surface area (Å²) in [5, 5.41) is 17.4. The zero-order valence-corrected chi connectivity index (χ0v) is 9.83. The molecule has 90 valence electrons. The van der Waals surface area contributed by atoms with Gasteiger partial charge in [0.25, 0.3) is 0 Å². The summed E-state index contributed by atoms with van der Waals surface area (Å²) >= 11 is 0. The number of hydrogen-bond donors (Lipinski definition) is 1. The van der Waals surface area contributed by atoms with E-state index in [1.807, 2.05) is 10.9 Å². The summed E-state index contributed by atoms with van der Waals surface area (Å²) in [6.07, 6.45) is 6.01. The van der Waals surface area contributed by atoms with E-state index in [1.54, 1.807) is 14.0 Å². The lowest BCUT2D eigenvalue weighted by atomic mass is 9.93. The fraction of sp³-hybridized carbons (Fsp3) is 0.818. The Hall–Kier alpha value is -0.940. The maximum Gasteiger partial charge on any atom is 0.111 e. The number of nitrogens with zero attached hydrogens (tertiary/aromatic N) is 3. The van der Waals surface area contributed by atoms with Crippen LogP contribution in [0.1, 0.15) is 50.4 Å². The van der Waals surface area contributed by atoms with Crippen molar-refractivity contribution in [3.8, 4) is 0 Å². The van der Waals surface area contributed by atoms with Gasteiger partial charge in [-0.25, -0.2) is 4.68 Å². The van der Waals surface area contributed by atoms with Crippen molar-refractivity contribution in [3.63, 3.8) is 0 Å². The first-order chi connectivity index (χ1) is 7.70. The molecule has 3 atom stereocenters. The molecule has 3 unspecified atom stereocenters. The molecule has 0 aromatic carbocycles. The summed E-state index contributed by atoms with van der Waals surface area (Å²) < 4.78 is 7.25. The van der Waals surface area contributed by atoms with Gasteiger partial charge in [0.1, 0.15) is 5.69 Å². The van der Waals surface area contributed by atoms with E-state index >= 15 is 0 Å². The number of aromatic nitrogens is 3. The van der Waals surface area contributed by atoms with E-state index in [9.17, 15) is 5.11 Å². The number of rotatable bonds is 3. The zero-order valence-electron chi connectivity index (χ0n) is 9.83. The van der Waals surface area contributed by atoms with Crippen LogP contribution in [0.2, 0.25) is 0 Å². The van der Waals surface area contributed by atoms with Crippen LogP contribution in [0.5, 0.6) is 0 Å². The van der Waals surface area contributed by atoms with E-state index in [1.165, 1.54) is 0 Å². The number of aliphatic hydroxyl groups excluding tert-OH is 1. The van der Waals surface area contributed by atoms with E-state index in [0.717, 1.165) is 25.7 Å². The predicted molar refractivity (Wildman–Crippen MR) is 59.0 cm³/mol. The monoisotopic (exact) mass is 225 g/mol. The first kappa shape index (κ1) is 11.5. The molecule has 1 heterocycles. The van der Waals surface area contributed by atoms with Crippen LogP contribution < -0.4 is 0 Å². The minimum absolute atomic E-state index is 0.331. The van der Waals surface area contributed by atoms with Crippen molar-refractivity contribution in [2.75, 3.05) is 7.11 Å². The molecule has 0 aliphatic heterocycles. The smallest absolute Gasteiger partial charge is 0.111 e. The third-order valence-corrected chi connectivity index (χ3v) is 3.26. The third kappa shape index (κ3) is 2.41. The molecule has 1 N–H and O–H groups in total. The second kappa shape index (κ2) is 4.93. The number of aliphatic hydroxyl groups is 1. The highest BCUT2D eigenvalue weighted by Gasteiger charge is 2.24. The van der Waals surface area contributed by atoms with Gasteiger partial charge in [-0.15, -0.1) is 5.10 Å². The highest BCUT2D eigenvalue weighted by Crippen LogP contribution is 2.29. The van der Waals surface area contributed by atoms with E-state index in [4.69, 9.17) is 4.74 Å². The summed E-state index contributed by atoms with van der Waals surface area (Å²) in [4.78, 5) is 0. The summed E-state index contributed by atoms with van der Waals surface area (Å²) in [6, 6.07) is 0.360. The SMILES string of the molecule is COC1CCCC(n2cc(C(C)O)nn2)C1. The summed E-state index contributed by atoms with van der Waals surface area (Å²) in [7, 11) is 1.76. The van der Waals surface area contributed by atoms with Crippen molar-refractivity contribution in [1.29, 1.82) is 0 Å². The van der Waals surface area contributed by atoms with Crippen LogP contribution in [0.15, 0.2) is 6.20 Å². The molecule has 1 aliphatic carbocycles. The van der Waals surface area contributed by atoms with Crippen LogP contribution in [0.25, 0.3) is 0 Å². The van der Waals surface area contributed by atoms with Gasteiger partial charge in [0, 0.05) is 7.11 Å². The molecule has 0 bridgehead atoms. The third-order valence-electron chi connectivity index (χ3n) is 3.26. The Morgan fingerprint density at radius 3 is 3.00 bits per heavy atom. The van der Waals surface area contributed by atoms with Gasteiger partial charge in [-0.1, -0.05) is 5.21 Å². The summed E-state index contributed by atoms with van der Waals surface area (Å²) in [6.45, 7) is 1.70. The van der Waals surface area contributed by atoms with Crippen molar-refractivity contribution in [2.45, 2.75) is 50.9 Å². The predicted octanol–water partition coefficient (Wildman–Crippen LogP) is 1.46. The molecular weight excluding hydrogens is 206 g/mol. The minimum atomic E-state index is -0.546. The molecule has 0 radical (unpaired) electrons. The Morgan fingerprint density at radius 1 is 1.56 bits per heavy atom. The molecule has 16 heavy (non-hydrogen) atoms. The number of ether oxygens (including phenoxy) is 1. The molecule has 1 aliphatic rings. The second-order valence-electron chi connectivity index (χ2n) is 4.48. The molecule has 1 saturated carbocycles. The van der Waals surface area contributed by atoms with Gasteiger partial charge in [0.05, 0.1) is 24.4 Å². The van der Waals surface area contributed by atoms with Gasteiger partial charge >= 0.3 is 0 Å². The van der Waals surface area contributed by atoms with Crippen LogP contribution in [0.3, 0.4) is 0 Å². The van der Waals surface area contributed by atoms with Crippen LogP contribution in [0, 0.1) is 0 Å². The van der Waals surface area contributed by atoms with Crippen LogP contribution in [-0.4, -0.2) is 33.3 Å². The van der Waals surface area contributed by atoms with Gasteiger partial charge in [-0.2, -0.15) is 0 Å². The maximum atomic E-state index is 9.39. The Bertz CT molecular complexity index is 338. The second-order valence-corrected chi connectivity index (χ2v) is 4.48. The Balaban J connectivity index is 2.05. The standard InChI is InChI=1S/C11H19N3O2/c1-8(15)11-7-14(13-12-11)9-4-3-5-10(6-9)16-2/h7-10,15H,3-6H2,1-2H3. The number of hydrogen-bond acceptors (Lipinski definition) is 4. The van der Waals surface area contributed by atoms with Crippen LogP contribution >= 0.6 is 0 Å². The summed E-state index contributed by atoms with van der Waals surface area (Å²) in [5.41, 5.74) is 0.638. The minimum Gasteiger partial charge on any atom is -0.387 e. The molecular formula is C11H19N3O2. The molecule has 2 rings (SSSR count). The van der Waals surface area contributed by atoms with E-state index in [2.05, 4.69) is 10.3 Å². The largest absolute Gasteiger partial charge is 0.387 e. The first-order valence-corrected chi connectivity index (χ1v) is 5.83.